The molecule has 0 radical (unpaired) electrons. The van der Waals surface area contributed by atoms with E-state index in [0.717, 1.165) is 46.2 Å². The molecule has 0 aliphatic carbocycles. The first-order chi connectivity index (χ1) is 14.7. The van der Waals surface area contributed by atoms with Gasteiger partial charge in [-0.2, -0.15) is 0 Å². The number of amides is 1. The van der Waals surface area contributed by atoms with Crippen LogP contribution in [0.4, 0.5) is 5.13 Å². The van der Waals surface area contributed by atoms with Crippen molar-refractivity contribution in [2.45, 2.75) is 37.4 Å². The third-order valence-corrected chi connectivity index (χ3v) is 7.47. The number of hydrogen-bond donors (Lipinski definition) is 2. The summed E-state index contributed by atoms with van der Waals surface area (Å²) in [6.07, 6.45) is 3.29. The summed E-state index contributed by atoms with van der Waals surface area (Å²) in [5, 5.41) is 7.93. The number of piperazine rings is 1. The van der Waals surface area contributed by atoms with E-state index in [1.807, 2.05) is 42.5 Å². The summed E-state index contributed by atoms with van der Waals surface area (Å²) in [6, 6.07) is 14.9. The number of anilines is 1. The second-order valence-electron chi connectivity index (χ2n) is 8.42. The molecule has 154 valence electrons. The number of thiazole rings is 1. The molecule has 30 heavy (non-hydrogen) atoms. The number of rotatable bonds is 3. The fraction of sp³-hybridized carbons (Fsp3) is 0.391. The third kappa shape index (κ3) is 3.22. The van der Waals surface area contributed by atoms with Gasteiger partial charge in [0.2, 0.25) is 0 Å². The number of aromatic nitrogens is 1. The molecule has 2 fully saturated rings. The molecule has 3 aromatic rings. The molecule has 1 amide bonds. The van der Waals surface area contributed by atoms with Gasteiger partial charge in [-0.05, 0) is 37.1 Å². The zero-order chi connectivity index (χ0) is 20.1. The molecule has 4 heterocycles. The molecule has 6 rings (SSSR count). The molecule has 2 N–H and O–H groups in total. The number of hydrogen-bond acceptors (Lipinski definition) is 6. The van der Waals surface area contributed by atoms with Crippen LogP contribution in [0.3, 0.4) is 0 Å². The van der Waals surface area contributed by atoms with Crippen molar-refractivity contribution in [3.8, 4) is 5.75 Å². The Morgan fingerprint density at radius 2 is 1.97 bits per heavy atom. The van der Waals surface area contributed by atoms with Crippen molar-refractivity contribution in [3.05, 3.63) is 53.6 Å². The van der Waals surface area contributed by atoms with Crippen LogP contribution in [0.5, 0.6) is 5.75 Å². The van der Waals surface area contributed by atoms with Crippen molar-refractivity contribution in [3.63, 3.8) is 0 Å². The molecule has 3 aliphatic rings. The lowest BCUT2D eigenvalue weighted by molar-refractivity contribution is 0.0925. The normalized spacial score (nSPS) is 25.1. The number of ether oxygens (including phenoxy) is 1. The lowest BCUT2D eigenvalue weighted by Gasteiger charge is -2.32. The Morgan fingerprint density at radius 1 is 1.13 bits per heavy atom. The van der Waals surface area contributed by atoms with E-state index in [1.54, 1.807) is 11.3 Å². The Kier molecular flexibility index (Phi) is 4.39. The molecule has 2 saturated heterocycles. The van der Waals surface area contributed by atoms with E-state index in [1.165, 1.54) is 12.8 Å². The lowest BCUT2D eigenvalue weighted by Crippen LogP contribution is -2.51. The topological polar surface area (TPSA) is 66.5 Å². The standard InChI is InChI=1S/C23H24N4O2S/c28-22(25-18-9-10-29-20-4-2-1-3-17(18)20)14-5-8-19-21(11-14)30-23(26-19)27-12-15-6-7-16(13-27)24-15/h1-5,8,11,15-16,18,24H,6-7,9-10,12-13H2,(H,25,28). The highest BCUT2D eigenvalue weighted by atomic mass is 32.1. The van der Waals surface area contributed by atoms with Crippen molar-refractivity contribution >= 4 is 32.6 Å². The van der Waals surface area contributed by atoms with Gasteiger partial charge in [0.15, 0.2) is 5.13 Å². The Hall–Kier alpha value is -2.64. The largest absolute Gasteiger partial charge is 0.493 e. The molecular weight excluding hydrogens is 396 g/mol. The Bertz CT molecular complexity index is 1100. The number of benzene rings is 2. The predicted octanol–water partition coefficient (Wildman–Crippen LogP) is 3.49. The number of carbonyl (C=O) groups is 1. The van der Waals surface area contributed by atoms with Crippen molar-refractivity contribution < 1.29 is 9.53 Å². The number of nitrogens with one attached hydrogen (secondary N) is 2. The van der Waals surface area contributed by atoms with Crippen molar-refractivity contribution in [1.29, 1.82) is 0 Å². The highest BCUT2D eigenvalue weighted by Crippen LogP contribution is 2.34. The Balaban J connectivity index is 1.22. The van der Waals surface area contributed by atoms with Gasteiger partial charge in [0, 0.05) is 42.7 Å². The lowest BCUT2D eigenvalue weighted by atomic mass is 10.00. The van der Waals surface area contributed by atoms with Gasteiger partial charge in [-0.25, -0.2) is 4.98 Å². The van der Waals surface area contributed by atoms with Crippen LogP contribution in [-0.2, 0) is 0 Å². The fourth-order valence-electron chi connectivity index (χ4n) is 4.88. The zero-order valence-corrected chi connectivity index (χ0v) is 17.5. The molecule has 3 atom stereocenters. The van der Waals surface area contributed by atoms with E-state index in [0.29, 0.717) is 24.3 Å². The maximum Gasteiger partial charge on any atom is 0.251 e. The first kappa shape index (κ1) is 18.2. The van der Waals surface area contributed by atoms with Gasteiger partial charge in [0.25, 0.3) is 5.91 Å². The molecule has 7 heteroatoms. The van der Waals surface area contributed by atoms with Crippen molar-refractivity contribution in [1.82, 2.24) is 15.6 Å². The maximum atomic E-state index is 13.0. The van der Waals surface area contributed by atoms with Crippen LogP contribution in [0.2, 0.25) is 0 Å². The van der Waals surface area contributed by atoms with E-state index in [9.17, 15) is 4.79 Å². The minimum absolute atomic E-state index is 0.0218. The first-order valence-corrected chi connectivity index (χ1v) is 11.5. The van der Waals surface area contributed by atoms with E-state index < -0.39 is 0 Å². The Labute approximate surface area is 179 Å². The quantitative estimate of drug-likeness (QED) is 0.679. The van der Waals surface area contributed by atoms with Gasteiger partial charge in [-0.1, -0.05) is 29.5 Å². The van der Waals surface area contributed by atoms with Crippen LogP contribution in [0, 0.1) is 0 Å². The third-order valence-electron chi connectivity index (χ3n) is 6.39. The SMILES string of the molecule is O=C(NC1CCOc2ccccc21)c1ccc2nc(N3CC4CCC(C3)N4)sc2c1. The van der Waals surface area contributed by atoms with Crippen LogP contribution >= 0.6 is 11.3 Å². The Morgan fingerprint density at radius 3 is 2.83 bits per heavy atom. The van der Waals surface area contributed by atoms with Gasteiger partial charge in [0.05, 0.1) is 22.9 Å². The number of para-hydroxylation sites is 1. The van der Waals surface area contributed by atoms with Gasteiger partial charge in [-0.3, -0.25) is 4.79 Å². The van der Waals surface area contributed by atoms with Gasteiger partial charge in [0.1, 0.15) is 5.75 Å². The molecular formula is C23H24N4O2S. The monoisotopic (exact) mass is 420 g/mol. The highest BCUT2D eigenvalue weighted by molar-refractivity contribution is 7.22. The van der Waals surface area contributed by atoms with Crippen LogP contribution < -0.4 is 20.3 Å². The zero-order valence-electron chi connectivity index (χ0n) is 16.6. The van der Waals surface area contributed by atoms with Crippen molar-refractivity contribution in [2.75, 3.05) is 24.6 Å². The average Bonchev–Trinajstić information content (AvgIpc) is 3.35. The van der Waals surface area contributed by atoms with E-state index in [2.05, 4.69) is 15.5 Å². The van der Waals surface area contributed by atoms with Crippen LogP contribution in [0.1, 0.15) is 41.2 Å². The summed E-state index contributed by atoms with van der Waals surface area (Å²) in [5.41, 5.74) is 2.70. The summed E-state index contributed by atoms with van der Waals surface area (Å²) in [5.74, 6) is 0.815. The van der Waals surface area contributed by atoms with Gasteiger partial charge < -0.3 is 20.3 Å². The molecule has 3 unspecified atom stereocenters. The minimum Gasteiger partial charge on any atom is -0.493 e. The summed E-state index contributed by atoms with van der Waals surface area (Å²) in [7, 11) is 0. The molecule has 1 aromatic heterocycles. The molecule has 3 aliphatic heterocycles. The molecule has 0 spiro atoms. The summed E-state index contributed by atoms with van der Waals surface area (Å²) in [4.78, 5) is 20.2. The van der Waals surface area contributed by atoms with E-state index in [4.69, 9.17) is 9.72 Å². The summed E-state index contributed by atoms with van der Waals surface area (Å²) in [6.45, 7) is 2.66. The number of fused-ring (bicyclic) bond motifs is 4. The molecule has 0 saturated carbocycles. The second-order valence-corrected chi connectivity index (χ2v) is 9.43. The van der Waals surface area contributed by atoms with Crippen LogP contribution in [-0.4, -0.2) is 42.7 Å². The summed E-state index contributed by atoms with van der Waals surface area (Å²) < 4.78 is 6.78. The molecule has 2 bridgehead atoms. The smallest absolute Gasteiger partial charge is 0.251 e. The minimum atomic E-state index is -0.0474. The van der Waals surface area contributed by atoms with E-state index in [-0.39, 0.29) is 11.9 Å². The molecule has 6 nitrogen and oxygen atoms in total. The van der Waals surface area contributed by atoms with Gasteiger partial charge >= 0.3 is 0 Å². The highest BCUT2D eigenvalue weighted by Gasteiger charge is 2.33. The summed E-state index contributed by atoms with van der Waals surface area (Å²) >= 11 is 1.69. The predicted molar refractivity (Wildman–Crippen MR) is 119 cm³/mol. The second kappa shape index (κ2) is 7.25. The maximum absolute atomic E-state index is 13.0. The molecule has 2 aromatic carbocycles. The average molecular weight is 421 g/mol. The van der Waals surface area contributed by atoms with Crippen molar-refractivity contribution in [2.24, 2.45) is 0 Å². The number of carbonyl (C=O) groups excluding carboxylic acids is 1. The fourth-order valence-corrected chi connectivity index (χ4v) is 5.90. The van der Waals surface area contributed by atoms with Crippen LogP contribution in [0.15, 0.2) is 42.5 Å². The van der Waals surface area contributed by atoms with Crippen LogP contribution in [0.25, 0.3) is 10.2 Å². The first-order valence-electron chi connectivity index (χ1n) is 10.7. The van der Waals surface area contributed by atoms with Gasteiger partial charge in [-0.15, -0.1) is 0 Å². The van der Waals surface area contributed by atoms with E-state index >= 15 is 0 Å². The number of nitrogens with zero attached hydrogens (tertiary/aromatic N) is 2.